The van der Waals surface area contributed by atoms with Crippen molar-refractivity contribution in [3.8, 4) is 11.5 Å². The lowest BCUT2D eigenvalue weighted by Crippen LogP contribution is -2.27. The highest BCUT2D eigenvalue weighted by Crippen LogP contribution is 2.22. The minimum atomic E-state index is 0.279. The number of likely N-dealkylation sites (tertiary alicyclic amines) is 1. The van der Waals surface area contributed by atoms with Gasteiger partial charge in [0.15, 0.2) is 10.6 Å². The fraction of sp³-hybridized carbons (Fsp3) is 0.364. The van der Waals surface area contributed by atoms with Gasteiger partial charge in [0.25, 0.3) is 0 Å². The van der Waals surface area contributed by atoms with Crippen LogP contribution in [-0.2, 0) is 11.3 Å². The number of nitrogens with zero attached hydrogens (tertiary/aromatic N) is 3. The van der Waals surface area contributed by atoms with E-state index in [1.807, 2.05) is 17.0 Å². The number of rotatable bonds is 6. The Bertz CT molecular complexity index is 1010. The van der Waals surface area contributed by atoms with Gasteiger partial charge >= 0.3 is 0 Å². The van der Waals surface area contributed by atoms with Crippen LogP contribution in [0, 0.1) is 13.8 Å². The summed E-state index contributed by atoms with van der Waals surface area (Å²) in [6, 6.07) is 10.2. The molecule has 1 aliphatic rings. The molecule has 3 heterocycles. The van der Waals surface area contributed by atoms with Gasteiger partial charge in [0, 0.05) is 31.4 Å². The molecule has 2 aromatic heterocycles. The molecule has 0 N–H and O–H groups in total. The largest absolute Gasteiger partial charge is 0.463 e. The van der Waals surface area contributed by atoms with Crippen LogP contribution < -0.4 is 4.80 Å². The highest BCUT2D eigenvalue weighted by atomic mass is 32.1. The normalized spacial score (nSPS) is 15.0. The quantitative estimate of drug-likeness (QED) is 0.609. The summed E-state index contributed by atoms with van der Waals surface area (Å²) < 4.78 is 7.85. The van der Waals surface area contributed by atoms with Crippen LogP contribution in [0.1, 0.15) is 30.4 Å². The van der Waals surface area contributed by atoms with Gasteiger partial charge in [-0.05, 0) is 62.1 Å². The van der Waals surface area contributed by atoms with Gasteiger partial charge in [0.2, 0.25) is 5.91 Å². The predicted octanol–water partition coefficient (Wildman–Crippen LogP) is 4.67. The van der Waals surface area contributed by atoms with E-state index in [1.165, 1.54) is 11.1 Å². The van der Waals surface area contributed by atoms with Crippen LogP contribution in [0.5, 0.6) is 0 Å². The van der Waals surface area contributed by atoms with Gasteiger partial charge in [-0.1, -0.05) is 6.07 Å². The van der Waals surface area contributed by atoms with Gasteiger partial charge < -0.3 is 13.9 Å². The molecule has 28 heavy (non-hydrogen) atoms. The van der Waals surface area contributed by atoms with Crippen LogP contribution in [0.3, 0.4) is 0 Å². The molecule has 5 nitrogen and oxygen atoms in total. The predicted molar refractivity (Wildman–Crippen MR) is 112 cm³/mol. The van der Waals surface area contributed by atoms with Gasteiger partial charge in [-0.25, -0.2) is 4.99 Å². The third-order valence-corrected chi connectivity index (χ3v) is 5.85. The summed E-state index contributed by atoms with van der Waals surface area (Å²) in [6.45, 7) is 6.67. The van der Waals surface area contributed by atoms with E-state index in [2.05, 4.69) is 42.0 Å². The number of aryl methyl sites for hydroxylation is 2. The summed E-state index contributed by atoms with van der Waals surface area (Å²) in [7, 11) is 0. The van der Waals surface area contributed by atoms with Crippen molar-refractivity contribution >= 4 is 22.9 Å². The van der Waals surface area contributed by atoms with Crippen molar-refractivity contribution in [3.05, 3.63) is 57.9 Å². The molecule has 1 aliphatic heterocycles. The number of carbonyl (C=O) groups is 1. The highest BCUT2D eigenvalue weighted by molar-refractivity contribution is 7.07. The Hall–Kier alpha value is -2.60. The topological polar surface area (TPSA) is 50.7 Å². The molecule has 1 aromatic carbocycles. The second-order valence-electron chi connectivity index (χ2n) is 7.33. The van der Waals surface area contributed by atoms with Crippen molar-refractivity contribution in [1.82, 2.24) is 9.47 Å². The standard InChI is InChI=1S/C22H25N3O2S/c1-16-12-17(2)14-18(13-16)23-22-25(10-5-9-24-8-3-7-21(24)26)19(15-28-22)20-6-4-11-27-20/h4,6,11-15H,3,5,7-10H2,1-2H3. The number of aromatic nitrogens is 1. The third kappa shape index (κ3) is 4.12. The van der Waals surface area contributed by atoms with Crippen LogP contribution in [-0.4, -0.2) is 28.5 Å². The Morgan fingerprint density at radius 1 is 1.18 bits per heavy atom. The molecule has 0 aliphatic carbocycles. The van der Waals surface area contributed by atoms with Crippen molar-refractivity contribution < 1.29 is 9.21 Å². The summed E-state index contributed by atoms with van der Waals surface area (Å²) in [6.07, 6.45) is 4.27. The Labute approximate surface area is 169 Å². The van der Waals surface area contributed by atoms with Crippen molar-refractivity contribution in [2.75, 3.05) is 13.1 Å². The first-order chi connectivity index (χ1) is 13.6. The molecule has 0 bridgehead atoms. The van der Waals surface area contributed by atoms with E-state index >= 15 is 0 Å². The number of hydrogen-bond acceptors (Lipinski definition) is 4. The van der Waals surface area contributed by atoms with E-state index in [0.717, 1.165) is 54.4 Å². The monoisotopic (exact) mass is 395 g/mol. The molecule has 0 saturated carbocycles. The average molecular weight is 396 g/mol. The molecule has 0 unspecified atom stereocenters. The molecule has 1 fully saturated rings. The van der Waals surface area contributed by atoms with Crippen molar-refractivity contribution in [2.24, 2.45) is 4.99 Å². The molecular formula is C22H25N3O2S. The zero-order valence-electron chi connectivity index (χ0n) is 16.4. The van der Waals surface area contributed by atoms with Gasteiger partial charge in [-0.2, -0.15) is 0 Å². The van der Waals surface area contributed by atoms with E-state index in [-0.39, 0.29) is 5.91 Å². The molecule has 4 rings (SSSR count). The Morgan fingerprint density at radius 2 is 2.00 bits per heavy atom. The number of benzene rings is 1. The van der Waals surface area contributed by atoms with E-state index in [0.29, 0.717) is 6.42 Å². The van der Waals surface area contributed by atoms with Crippen LogP contribution in [0.2, 0.25) is 0 Å². The zero-order valence-corrected chi connectivity index (χ0v) is 17.2. The lowest BCUT2D eigenvalue weighted by molar-refractivity contribution is -0.127. The van der Waals surface area contributed by atoms with Gasteiger partial charge in [-0.15, -0.1) is 11.3 Å². The van der Waals surface area contributed by atoms with Crippen LogP contribution in [0.25, 0.3) is 11.5 Å². The maximum atomic E-state index is 11.9. The molecule has 1 amide bonds. The minimum absolute atomic E-state index is 0.279. The molecule has 0 spiro atoms. The first kappa shape index (κ1) is 18.7. The van der Waals surface area contributed by atoms with E-state index < -0.39 is 0 Å². The summed E-state index contributed by atoms with van der Waals surface area (Å²) in [4.78, 5) is 19.7. The molecule has 0 radical (unpaired) electrons. The van der Waals surface area contributed by atoms with Crippen molar-refractivity contribution in [2.45, 2.75) is 39.7 Å². The second kappa shape index (κ2) is 8.19. The lowest BCUT2D eigenvalue weighted by Gasteiger charge is -2.16. The number of amides is 1. The number of carbonyl (C=O) groups excluding carboxylic acids is 1. The molecule has 1 saturated heterocycles. The fourth-order valence-electron chi connectivity index (χ4n) is 3.74. The number of furan rings is 1. The van der Waals surface area contributed by atoms with Gasteiger partial charge in [0.05, 0.1) is 17.6 Å². The maximum absolute atomic E-state index is 11.9. The SMILES string of the molecule is Cc1cc(C)cc(N=c2scc(-c3ccco3)n2CCCN2CCCC2=O)c1. The van der Waals surface area contributed by atoms with Gasteiger partial charge in [-0.3, -0.25) is 4.79 Å². The summed E-state index contributed by atoms with van der Waals surface area (Å²) in [5, 5.41) is 2.10. The summed E-state index contributed by atoms with van der Waals surface area (Å²) in [5.74, 6) is 1.12. The highest BCUT2D eigenvalue weighted by Gasteiger charge is 2.19. The Balaban J connectivity index is 1.64. The van der Waals surface area contributed by atoms with E-state index in [9.17, 15) is 4.79 Å². The van der Waals surface area contributed by atoms with Crippen LogP contribution in [0.4, 0.5) is 5.69 Å². The summed E-state index contributed by atoms with van der Waals surface area (Å²) in [5.41, 5.74) is 4.42. The van der Waals surface area contributed by atoms with Crippen molar-refractivity contribution in [3.63, 3.8) is 0 Å². The van der Waals surface area contributed by atoms with Gasteiger partial charge in [0.1, 0.15) is 0 Å². The van der Waals surface area contributed by atoms with E-state index in [1.54, 1.807) is 17.6 Å². The number of hydrogen-bond donors (Lipinski definition) is 0. The average Bonchev–Trinajstić information content (AvgIpc) is 3.37. The number of thiazole rings is 1. The third-order valence-electron chi connectivity index (χ3n) is 4.98. The van der Waals surface area contributed by atoms with Crippen LogP contribution >= 0.6 is 11.3 Å². The lowest BCUT2D eigenvalue weighted by atomic mass is 10.1. The second-order valence-corrected chi connectivity index (χ2v) is 8.16. The Morgan fingerprint density at radius 3 is 2.68 bits per heavy atom. The Kier molecular flexibility index (Phi) is 5.48. The molecule has 146 valence electrons. The minimum Gasteiger partial charge on any atom is -0.463 e. The maximum Gasteiger partial charge on any atom is 0.222 e. The first-order valence-corrected chi connectivity index (χ1v) is 10.6. The zero-order chi connectivity index (χ0) is 19.5. The van der Waals surface area contributed by atoms with Crippen LogP contribution in [0.15, 0.2) is 51.4 Å². The fourth-order valence-corrected chi connectivity index (χ4v) is 4.68. The smallest absolute Gasteiger partial charge is 0.222 e. The molecule has 0 atom stereocenters. The van der Waals surface area contributed by atoms with E-state index in [4.69, 9.17) is 9.41 Å². The molecule has 3 aromatic rings. The first-order valence-electron chi connectivity index (χ1n) is 9.73. The molecular weight excluding hydrogens is 370 g/mol. The summed E-state index contributed by atoms with van der Waals surface area (Å²) >= 11 is 1.62. The van der Waals surface area contributed by atoms with Crippen molar-refractivity contribution in [1.29, 1.82) is 0 Å². The molecule has 6 heteroatoms.